The summed E-state index contributed by atoms with van der Waals surface area (Å²) < 4.78 is 16.8. The molecule has 0 aliphatic heterocycles. The Hall–Kier alpha value is -1.73. The summed E-state index contributed by atoms with van der Waals surface area (Å²) >= 11 is -0.766. The maximum Gasteiger partial charge on any atom is 0.303 e. The molecule has 1 atom stereocenters. The van der Waals surface area contributed by atoms with Gasteiger partial charge in [-0.25, -0.2) is 0 Å². The number of hydrogen-bond donors (Lipinski definition) is 2. The summed E-state index contributed by atoms with van der Waals surface area (Å²) in [4.78, 5) is 22.5. The Morgan fingerprint density at radius 2 is 1.70 bits per heavy atom. The van der Waals surface area contributed by atoms with E-state index in [4.69, 9.17) is 9.84 Å². The van der Waals surface area contributed by atoms with Crippen molar-refractivity contribution < 1.29 is 24.0 Å². The lowest BCUT2D eigenvalue weighted by molar-refractivity contribution is -0.137. The molecule has 0 aliphatic carbocycles. The van der Waals surface area contributed by atoms with Gasteiger partial charge in [-0.3, -0.25) is 9.59 Å². The van der Waals surface area contributed by atoms with Gasteiger partial charge in [0.15, 0.2) is 0 Å². The molecular weight excluding hydrogens is 366 g/mol. The van der Waals surface area contributed by atoms with E-state index in [1.54, 1.807) is 6.26 Å². The Labute approximate surface area is 164 Å². The fourth-order valence-corrected chi connectivity index (χ4v) is 3.20. The Balaban J connectivity index is 2.26. The fourth-order valence-electron chi connectivity index (χ4n) is 2.59. The highest BCUT2D eigenvalue weighted by atomic mass is 32.2. The maximum atomic E-state index is 12.1. The van der Waals surface area contributed by atoms with Gasteiger partial charge in [-0.1, -0.05) is 36.2 Å². The van der Waals surface area contributed by atoms with Gasteiger partial charge in [0, 0.05) is 12.8 Å². The summed E-state index contributed by atoms with van der Waals surface area (Å²) in [6.07, 6.45) is 8.23. The van der Waals surface area contributed by atoms with Crippen LogP contribution in [0.1, 0.15) is 57.8 Å². The predicted octanol–water partition coefficient (Wildman–Crippen LogP) is 3.98. The van der Waals surface area contributed by atoms with Gasteiger partial charge in [-0.15, -0.1) is 0 Å². The minimum absolute atomic E-state index is 0.0441. The highest BCUT2D eigenvalue weighted by Crippen LogP contribution is 2.24. The summed E-state index contributed by atoms with van der Waals surface area (Å²) in [7, 11) is 0. The van der Waals surface area contributed by atoms with E-state index < -0.39 is 17.1 Å². The zero-order valence-electron chi connectivity index (χ0n) is 16.1. The van der Waals surface area contributed by atoms with Crippen LogP contribution >= 0.6 is 0 Å². The second kappa shape index (κ2) is 14.3. The molecule has 0 heterocycles. The third-order valence-corrected chi connectivity index (χ3v) is 4.90. The number of rotatable bonds is 15. The molecule has 152 valence electrons. The molecule has 2 N–H and O–H groups in total. The van der Waals surface area contributed by atoms with Gasteiger partial charge < -0.3 is 19.7 Å². The average Bonchev–Trinajstić information content (AvgIpc) is 2.61. The Bertz CT molecular complexity index is 565. The van der Waals surface area contributed by atoms with Crippen LogP contribution in [0.3, 0.4) is 0 Å². The maximum absolute atomic E-state index is 12.1. The second-order valence-electron chi connectivity index (χ2n) is 6.54. The number of para-hydroxylation sites is 2. The number of carboxylic acids is 1. The van der Waals surface area contributed by atoms with E-state index in [1.165, 1.54) is 0 Å². The molecule has 0 aromatic heterocycles. The van der Waals surface area contributed by atoms with Crippen molar-refractivity contribution in [2.75, 3.05) is 23.9 Å². The van der Waals surface area contributed by atoms with Crippen molar-refractivity contribution in [3.05, 3.63) is 24.3 Å². The first kappa shape index (κ1) is 23.3. The molecule has 1 unspecified atom stereocenters. The van der Waals surface area contributed by atoms with Crippen molar-refractivity contribution >= 4 is 28.7 Å². The van der Waals surface area contributed by atoms with Crippen LogP contribution in [0.25, 0.3) is 0 Å². The monoisotopic (exact) mass is 397 g/mol. The van der Waals surface area contributed by atoms with E-state index in [-0.39, 0.29) is 12.3 Å². The van der Waals surface area contributed by atoms with Crippen LogP contribution in [0.5, 0.6) is 5.75 Å². The van der Waals surface area contributed by atoms with Gasteiger partial charge in [0.1, 0.15) is 11.5 Å². The lowest BCUT2D eigenvalue weighted by Gasteiger charge is -2.12. The molecule has 0 radical (unpaired) electrons. The van der Waals surface area contributed by atoms with Crippen LogP contribution in [0, 0.1) is 0 Å². The summed E-state index contributed by atoms with van der Waals surface area (Å²) in [5.74, 6) is 0.542. The SMILES string of the molecule is C[S+]([O-])CCCCCC(=O)Nc1ccccc1OCCCCCCC(=O)O. The minimum atomic E-state index is -0.766. The van der Waals surface area contributed by atoms with E-state index >= 15 is 0 Å². The smallest absolute Gasteiger partial charge is 0.303 e. The fraction of sp³-hybridized carbons (Fsp3) is 0.600. The molecule has 0 saturated heterocycles. The van der Waals surface area contributed by atoms with E-state index in [9.17, 15) is 14.1 Å². The molecule has 1 aromatic rings. The zero-order valence-corrected chi connectivity index (χ0v) is 16.9. The molecule has 0 aliphatic rings. The summed E-state index contributed by atoms with van der Waals surface area (Å²) in [6, 6.07) is 7.37. The highest BCUT2D eigenvalue weighted by Gasteiger charge is 2.08. The number of carboxylic acid groups (broad SMARTS) is 1. The molecule has 0 fully saturated rings. The molecule has 6 nitrogen and oxygen atoms in total. The quantitative estimate of drug-likeness (QED) is 0.344. The number of amides is 1. The first-order valence-electron chi connectivity index (χ1n) is 9.52. The topological polar surface area (TPSA) is 98.7 Å². The van der Waals surface area contributed by atoms with Crippen LogP contribution < -0.4 is 10.1 Å². The number of unbranched alkanes of at least 4 members (excludes halogenated alkanes) is 5. The van der Waals surface area contributed by atoms with Crippen LogP contribution in [0.2, 0.25) is 0 Å². The highest BCUT2D eigenvalue weighted by molar-refractivity contribution is 7.90. The molecule has 1 aromatic carbocycles. The Kier molecular flexibility index (Phi) is 12.4. The number of anilines is 1. The van der Waals surface area contributed by atoms with Crippen molar-refractivity contribution in [3.8, 4) is 5.75 Å². The van der Waals surface area contributed by atoms with Crippen LogP contribution in [0.4, 0.5) is 5.69 Å². The lowest BCUT2D eigenvalue weighted by Crippen LogP contribution is -2.12. The summed E-state index contributed by atoms with van der Waals surface area (Å²) in [6.45, 7) is 0.536. The summed E-state index contributed by atoms with van der Waals surface area (Å²) in [5, 5.41) is 11.5. The third kappa shape index (κ3) is 12.3. The third-order valence-electron chi connectivity index (χ3n) is 4.04. The number of ether oxygens (including phenoxy) is 1. The molecule has 0 spiro atoms. The van der Waals surface area contributed by atoms with Crippen molar-refractivity contribution in [3.63, 3.8) is 0 Å². The van der Waals surface area contributed by atoms with Gasteiger partial charge >= 0.3 is 5.97 Å². The molecule has 1 amide bonds. The first-order valence-corrected chi connectivity index (χ1v) is 11.2. The molecule has 0 bridgehead atoms. The zero-order chi connectivity index (χ0) is 19.9. The van der Waals surface area contributed by atoms with E-state index in [0.717, 1.165) is 38.5 Å². The number of hydrogen-bond acceptors (Lipinski definition) is 4. The van der Waals surface area contributed by atoms with E-state index in [2.05, 4.69) is 5.32 Å². The van der Waals surface area contributed by atoms with Gasteiger partial charge in [0.05, 0.1) is 18.6 Å². The van der Waals surface area contributed by atoms with E-state index in [0.29, 0.717) is 36.6 Å². The Morgan fingerprint density at radius 1 is 1.04 bits per heavy atom. The predicted molar refractivity (Wildman–Crippen MR) is 109 cm³/mol. The number of benzene rings is 1. The van der Waals surface area contributed by atoms with Gasteiger partial charge in [-0.05, 0) is 44.2 Å². The van der Waals surface area contributed by atoms with Gasteiger partial charge in [0.2, 0.25) is 5.91 Å². The van der Waals surface area contributed by atoms with Crippen molar-refractivity contribution in [2.24, 2.45) is 0 Å². The van der Waals surface area contributed by atoms with Crippen molar-refractivity contribution in [1.29, 1.82) is 0 Å². The van der Waals surface area contributed by atoms with Crippen LogP contribution in [-0.4, -0.2) is 40.2 Å². The number of carbonyl (C=O) groups is 2. The lowest BCUT2D eigenvalue weighted by atomic mass is 10.1. The second-order valence-corrected chi connectivity index (χ2v) is 8.09. The molecule has 0 saturated carbocycles. The molecular formula is C20H31NO5S. The van der Waals surface area contributed by atoms with Gasteiger partial charge in [0.25, 0.3) is 0 Å². The number of nitrogens with one attached hydrogen (secondary N) is 1. The van der Waals surface area contributed by atoms with E-state index in [1.807, 2.05) is 24.3 Å². The summed E-state index contributed by atoms with van der Waals surface area (Å²) in [5.41, 5.74) is 0.669. The van der Waals surface area contributed by atoms with Gasteiger partial charge in [-0.2, -0.15) is 0 Å². The first-order chi connectivity index (χ1) is 13.0. The van der Waals surface area contributed by atoms with Crippen LogP contribution in [0.15, 0.2) is 24.3 Å². The molecule has 7 heteroatoms. The van der Waals surface area contributed by atoms with Crippen molar-refractivity contribution in [2.45, 2.75) is 57.8 Å². The molecule has 27 heavy (non-hydrogen) atoms. The van der Waals surface area contributed by atoms with Crippen LogP contribution in [-0.2, 0) is 20.8 Å². The van der Waals surface area contributed by atoms with Crippen molar-refractivity contribution in [1.82, 2.24) is 0 Å². The number of carbonyl (C=O) groups excluding carboxylic acids is 1. The minimum Gasteiger partial charge on any atom is -0.617 e. The normalized spacial score (nSPS) is 11.8. The largest absolute Gasteiger partial charge is 0.617 e. The standard InChI is InChI=1S/C20H31NO5S/c1-27(25)16-10-4-5-13-19(22)21-17-11-7-8-12-18(17)26-15-9-3-2-6-14-20(23)24/h7-8,11-12H,2-6,9-10,13-16H2,1H3,(H,21,22)(H,23,24). The Morgan fingerprint density at radius 3 is 2.44 bits per heavy atom. The average molecular weight is 398 g/mol. The number of aliphatic carboxylic acids is 1. The molecule has 1 rings (SSSR count).